The molecule has 0 aliphatic rings. The number of aromatic nitrogens is 4. The third-order valence-electron chi connectivity index (χ3n) is 9.81. The maximum absolute atomic E-state index is 12.2. The van der Waals surface area contributed by atoms with Gasteiger partial charge in [-0.15, -0.1) is 0 Å². The van der Waals surface area contributed by atoms with Gasteiger partial charge < -0.3 is 62.3 Å². The smallest absolute Gasteiger partial charge is 0.248 e. The van der Waals surface area contributed by atoms with Crippen LogP contribution in [0.3, 0.4) is 0 Å². The number of allylic oxidation sites excluding steroid dienone is 1. The van der Waals surface area contributed by atoms with E-state index in [-0.39, 0.29) is 17.7 Å². The van der Waals surface area contributed by atoms with Gasteiger partial charge in [-0.05, 0) is 97.7 Å². The Morgan fingerprint density at radius 3 is 1.63 bits per heavy atom. The first-order valence-electron chi connectivity index (χ1n) is 22.9. The molecule has 2 heterocycles. The minimum Gasteiger partial charge on any atom is -0.494 e. The highest BCUT2D eigenvalue weighted by Crippen LogP contribution is 2.40. The van der Waals surface area contributed by atoms with Crippen molar-refractivity contribution in [3.05, 3.63) is 107 Å². The number of amides is 2. The van der Waals surface area contributed by atoms with Crippen LogP contribution in [0.25, 0.3) is 0 Å². The van der Waals surface area contributed by atoms with Crippen LogP contribution in [0.4, 0.5) is 22.7 Å². The van der Waals surface area contributed by atoms with Crippen molar-refractivity contribution in [2.24, 2.45) is 32.2 Å². The van der Waals surface area contributed by atoms with Crippen molar-refractivity contribution in [3.63, 3.8) is 0 Å². The molecule has 73 heavy (non-hydrogen) atoms. The average Bonchev–Trinajstić information content (AvgIpc) is 3.98. The van der Waals surface area contributed by atoms with E-state index in [0.29, 0.717) is 97.3 Å². The summed E-state index contributed by atoms with van der Waals surface area (Å²) in [7, 11) is 6.13. The Morgan fingerprint density at radius 2 is 1.25 bits per heavy atom. The molecule has 0 spiro atoms. The number of aliphatic imine (C=N–C) groups is 3. The normalized spacial score (nSPS) is 10.8. The fourth-order valence-electron chi connectivity index (χ4n) is 6.61. The van der Waals surface area contributed by atoms with Gasteiger partial charge in [0.2, 0.25) is 11.8 Å². The van der Waals surface area contributed by atoms with E-state index >= 15 is 0 Å². The molecule has 4 rings (SSSR count). The molecule has 0 atom stereocenters. The number of aryl methyl sites for hydroxylation is 4. The van der Waals surface area contributed by atoms with E-state index in [0.717, 1.165) is 50.4 Å². The van der Waals surface area contributed by atoms with Gasteiger partial charge in [0.15, 0.2) is 12.6 Å². The van der Waals surface area contributed by atoms with E-state index in [4.69, 9.17) is 31.8 Å². The highest BCUT2D eigenvalue weighted by atomic mass is 16.5. The Morgan fingerprint density at radius 1 is 0.767 bits per heavy atom. The molecule has 0 unspecified atom stereocenters. The number of aliphatic hydroxyl groups is 1. The lowest BCUT2D eigenvalue weighted by Gasteiger charge is -2.28. The monoisotopic (exact) mass is 1010 g/mol. The Balaban J connectivity index is 0.000000984. The molecule has 4 aromatic rings. The lowest BCUT2D eigenvalue weighted by atomic mass is 10.1. The molecule has 23 heteroatoms. The second-order valence-electron chi connectivity index (χ2n) is 14.9. The zero-order valence-electron chi connectivity index (χ0n) is 43.2. The highest BCUT2D eigenvalue weighted by Gasteiger charge is 2.21. The summed E-state index contributed by atoms with van der Waals surface area (Å²) in [5.41, 5.74) is 23.0. The molecule has 396 valence electrons. The number of nitrogens with one attached hydrogen (secondary N) is 3. The SMILES string of the molecule is C=Nc1cc(C(N)=O)cc(OC)c1N(C/C=C/CN(CNC)c1c(N=C)cc(C(N)=O)cc1OC/C=C/CN=C/C(=C\N)NCCC=O)CNC.CCn1nc(C)cc1C=O.CCn1nc(C)cc1C=O.CO. The molecule has 2 aromatic heterocycles. The summed E-state index contributed by atoms with van der Waals surface area (Å²) in [6.07, 6.45) is 13.3. The average molecular weight is 1010 g/mol. The zero-order valence-corrected chi connectivity index (χ0v) is 43.2. The molecule has 10 N–H and O–H groups in total. The number of primary amides is 2. The van der Waals surface area contributed by atoms with Gasteiger partial charge in [-0.2, -0.15) is 10.2 Å². The van der Waals surface area contributed by atoms with E-state index in [1.807, 2.05) is 69.8 Å². The lowest BCUT2D eigenvalue weighted by Crippen LogP contribution is -2.34. The molecule has 0 fully saturated rings. The predicted octanol–water partition coefficient (Wildman–Crippen LogP) is 3.42. The molecule has 0 aliphatic carbocycles. The quantitative estimate of drug-likeness (QED) is 0.0135. The Hall–Kier alpha value is -8.28. The van der Waals surface area contributed by atoms with Crippen LogP contribution in [-0.4, -0.2) is 149 Å². The number of methoxy groups -OCH3 is 1. The van der Waals surface area contributed by atoms with Crippen molar-refractivity contribution in [2.75, 3.05) is 84.2 Å². The maximum Gasteiger partial charge on any atom is 0.248 e. The maximum atomic E-state index is 12.2. The summed E-state index contributed by atoms with van der Waals surface area (Å²) in [5.74, 6) is -0.430. The number of anilines is 2. The first-order chi connectivity index (χ1) is 35.2. The number of nitrogens with zero attached hydrogens (tertiary/aromatic N) is 9. The van der Waals surface area contributed by atoms with Gasteiger partial charge in [0, 0.05) is 69.8 Å². The second-order valence-corrected chi connectivity index (χ2v) is 14.9. The molecule has 2 aromatic carbocycles. The van der Waals surface area contributed by atoms with E-state index < -0.39 is 11.8 Å². The summed E-state index contributed by atoms with van der Waals surface area (Å²) >= 11 is 0. The number of ether oxygens (including phenoxy) is 2. The first-order valence-corrected chi connectivity index (χ1v) is 22.9. The minimum atomic E-state index is -0.635. The van der Waals surface area contributed by atoms with Crippen molar-refractivity contribution in [3.8, 4) is 11.5 Å². The van der Waals surface area contributed by atoms with E-state index in [2.05, 4.69) is 54.6 Å². The molecule has 0 saturated heterocycles. The van der Waals surface area contributed by atoms with E-state index in [9.17, 15) is 24.0 Å². The first kappa shape index (κ1) is 62.7. The van der Waals surface area contributed by atoms with Crippen molar-refractivity contribution >= 4 is 73.1 Å². The van der Waals surface area contributed by atoms with Gasteiger partial charge in [0.1, 0.15) is 47.2 Å². The Labute approximate surface area is 427 Å². The predicted molar refractivity (Wildman–Crippen MR) is 290 cm³/mol. The van der Waals surface area contributed by atoms with Crippen LogP contribution in [-0.2, 0) is 17.9 Å². The molecule has 23 nitrogen and oxygen atoms in total. The molecule has 0 aliphatic heterocycles. The fraction of sp³-hybridized carbons (Fsp3) is 0.360. The third kappa shape index (κ3) is 20.9. The van der Waals surface area contributed by atoms with Crippen LogP contribution in [0.15, 0.2) is 87.6 Å². The number of benzene rings is 2. The third-order valence-corrected chi connectivity index (χ3v) is 9.81. The number of hydrogen-bond donors (Lipinski definition) is 7. The summed E-state index contributed by atoms with van der Waals surface area (Å²) in [4.78, 5) is 71.8. The van der Waals surface area contributed by atoms with Crippen molar-refractivity contribution in [1.29, 1.82) is 0 Å². The lowest BCUT2D eigenvalue weighted by molar-refractivity contribution is -0.107. The van der Waals surface area contributed by atoms with Crippen molar-refractivity contribution < 1.29 is 38.6 Å². The summed E-state index contributed by atoms with van der Waals surface area (Å²) < 4.78 is 15.1. The van der Waals surface area contributed by atoms with E-state index in [1.165, 1.54) is 13.3 Å². The number of carbonyl (C=O) groups excluding carboxylic acids is 5. The summed E-state index contributed by atoms with van der Waals surface area (Å²) in [6.45, 7) is 19.2. The standard InChI is InChI=1S/C35H49N11O5.2C7H10N2O.CH4O/c1-39-23-45(32-28(41-3)17-25(34(37)48)19-30(32)50-5)13-7-8-14-46(24-40-2)33-29(42-4)18-26(35(38)49)20-31(33)51-16-9-6-11-43-22-27(21-36)44-12-10-15-47;2*1-3-9-7(5-10)4-6(2)8-9;1-2/h6-9,15,17-22,39-40,44H,3-4,10-14,16,23-24,36H2,1-2,5H3,(H2,37,48)(H2,38,49);2*4-5H,3H2,1-2H3;2H,1H3/b8-7+,9-6+,27-21+,43-22?;;;. The molecule has 0 radical (unpaired) electrons. The number of carbonyl (C=O) groups is 5. The molecular weight excluding hydrogens is 939 g/mol. The summed E-state index contributed by atoms with van der Waals surface area (Å²) in [6, 6.07) is 9.84. The van der Waals surface area contributed by atoms with Crippen molar-refractivity contribution in [1.82, 2.24) is 35.5 Å². The minimum absolute atomic E-state index is 0.163. The van der Waals surface area contributed by atoms with Crippen LogP contribution in [0, 0.1) is 13.8 Å². The van der Waals surface area contributed by atoms with Crippen LogP contribution in [0.5, 0.6) is 11.5 Å². The second kappa shape index (κ2) is 35.8. The number of nitrogens with two attached hydrogens (primary N) is 3. The number of aldehydes is 3. The Kier molecular flexibility index (Phi) is 30.7. The number of hydrogen-bond acceptors (Lipinski definition) is 19. The van der Waals surface area contributed by atoms with Gasteiger partial charge in [-0.1, -0.05) is 18.2 Å². The molecule has 0 bridgehead atoms. The van der Waals surface area contributed by atoms with Gasteiger partial charge in [0.05, 0.1) is 55.5 Å². The molecule has 0 saturated carbocycles. The zero-order chi connectivity index (χ0) is 54.7. The highest BCUT2D eigenvalue weighted by molar-refractivity contribution is 5.97. The van der Waals surface area contributed by atoms with Gasteiger partial charge in [0.25, 0.3) is 0 Å². The van der Waals surface area contributed by atoms with Crippen LogP contribution < -0.4 is 52.4 Å². The Bertz CT molecular complexity index is 2460. The van der Waals surface area contributed by atoms with Crippen LogP contribution in [0.2, 0.25) is 0 Å². The molecular formula is C50H73N15O8. The van der Waals surface area contributed by atoms with Gasteiger partial charge in [-0.25, -0.2) is 0 Å². The molecule has 2 amide bonds. The topological polar surface area (TPSA) is 317 Å². The fourth-order valence-corrected chi connectivity index (χ4v) is 6.61. The largest absolute Gasteiger partial charge is 0.494 e. The van der Waals surface area contributed by atoms with Gasteiger partial charge in [-0.3, -0.25) is 43.5 Å². The summed E-state index contributed by atoms with van der Waals surface area (Å²) in [5, 5.41) is 24.5. The van der Waals surface area contributed by atoms with Crippen molar-refractivity contribution in [2.45, 2.75) is 47.2 Å². The van der Waals surface area contributed by atoms with Gasteiger partial charge >= 0.3 is 0 Å². The van der Waals surface area contributed by atoms with E-state index in [1.54, 1.807) is 58.1 Å². The number of aliphatic hydroxyl groups excluding tert-OH is 1. The van der Waals surface area contributed by atoms with Crippen LogP contribution in [0.1, 0.15) is 73.3 Å². The number of rotatable bonds is 29. The van der Waals surface area contributed by atoms with Crippen LogP contribution >= 0.6 is 0 Å².